The monoisotopic (exact) mass is 233 g/mol. The van der Waals surface area contributed by atoms with E-state index >= 15 is 0 Å². The van der Waals surface area contributed by atoms with Crippen LogP contribution < -0.4 is 5.32 Å². The molecular weight excluding hydrogens is 218 g/mol. The second kappa shape index (κ2) is 6.30. The normalized spacial score (nSPS) is 19.8. The van der Waals surface area contributed by atoms with Gasteiger partial charge in [-0.15, -0.1) is 0 Å². The van der Waals surface area contributed by atoms with E-state index in [9.17, 15) is 0 Å². The van der Waals surface area contributed by atoms with Crippen molar-refractivity contribution in [2.75, 3.05) is 26.4 Å². The third-order valence-electron chi connectivity index (χ3n) is 2.57. The summed E-state index contributed by atoms with van der Waals surface area (Å²) in [6.07, 6.45) is 1.73. The molecule has 90 valence electrons. The largest absolute Gasteiger partial charge is 0.376 e. The fourth-order valence-corrected chi connectivity index (χ4v) is 1.70. The van der Waals surface area contributed by atoms with Crippen LogP contribution in [0.1, 0.15) is 11.3 Å². The number of rotatable bonds is 4. The van der Waals surface area contributed by atoms with Crippen LogP contribution in [0, 0.1) is 11.3 Å². The van der Waals surface area contributed by atoms with Gasteiger partial charge >= 0.3 is 0 Å². The number of aromatic nitrogens is 1. The van der Waals surface area contributed by atoms with E-state index < -0.39 is 0 Å². The molecule has 1 N–H and O–H groups in total. The smallest absolute Gasteiger partial charge is 0.144 e. The first-order valence-electron chi connectivity index (χ1n) is 5.64. The van der Waals surface area contributed by atoms with Gasteiger partial charge in [-0.05, 0) is 6.07 Å². The van der Waals surface area contributed by atoms with E-state index in [1.165, 1.54) is 0 Å². The molecule has 0 aromatic carbocycles. The fourth-order valence-electron chi connectivity index (χ4n) is 1.70. The van der Waals surface area contributed by atoms with Gasteiger partial charge in [-0.25, -0.2) is 4.98 Å². The minimum absolute atomic E-state index is 0.103. The maximum atomic E-state index is 8.88. The topological polar surface area (TPSA) is 67.2 Å². The average molecular weight is 233 g/mol. The van der Waals surface area contributed by atoms with E-state index in [1.54, 1.807) is 6.20 Å². The Labute approximate surface area is 100 Å². The van der Waals surface area contributed by atoms with E-state index in [-0.39, 0.29) is 6.10 Å². The van der Waals surface area contributed by atoms with E-state index in [0.717, 1.165) is 12.1 Å². The van der Waals surface area contributed by atoms with Crippen molar-refractivity contribution in [3.8, 4) is 6.07 Å². The molecule has 5 heteroatoms. The highest BCUT2D eigenvalue weighted by Gasteiger charge is 2.13. The Hall–Kier alpha value is -1.48. The number of nitrogens with zero attached hydrogens (tertiary/aromatic N) is 2. The van der Waals surface area contributed by atoms with Gasteiger partial charge in [-0.1, -0.05) is 6.07 Å². The SMILES string of the molecule is N#Cc1ncccc1CNCC1COCCO1. The third-order valence-corrected chi connectivity index (χ3v) is 2.57. The summed E-state index contributed by atoms with van der Waals surface area (Å²) in [4.78, 5) is 4.01. The molecule has 1 aliphatic heterocycles. The molecule has 0 saturated carbocycles. The van der Waals surface area contributed by atoms with Crippen molar-refractivity contribution in [2.24, 2.45) is 0 Å². The minimum Gasteiger partial charge on any atom is -0.376 e. The van der Waals surface area contributed by atoms with Crippen molar-refractivity contribution in [2.45, 2.75) is 12.6 Å². The molecule has 1 aromatic heterocycles. The summed E-state index contributed by atoms with van der Waals surface area (Å²) in [5.41, 5.74) is 1.38. The Morgan fingerprint density at radius 2 is 2.47 bits per heavy atom. The molecular formula is C12H15N3O2. The summed E-state index contributed by atoms with van der Waals surface area (Å²) >= 11 is 0. The molecule has 1 fully saturated rings. The van der Waals surface area contributed by atoms with Gasteiger partial charge in [0.25, 0.3) is 0 Å². The lowest BCUT2D eigenvalue weighted by Crippen LogP contribution is -2.37. The molecule has 1 unspecified atom stereocenters. The number of hydrogen-bond acceptors (Lipinski definition) is 5. The van der Waals surface area contributed by atoms with Crippen LogP contribution in [0.15, 0.2) is 18.3 Å². The number of ether oxygens (including phenoxy) is 2. The van der Waals surface area contributed by atoms with Crippen LogP contribution in [0.2, 0.25) is 0 Å². The molecule has 1 aliphatic rings. The lowest BCUT2D eigenvalue weighted by atomic mass is 10.2. The molecule has 17 heavy (non-hydrogen) atoms. The highest BCUT2D eigenvalue weighted by Crippen LogP contribution is 2.04. The molecule has 2 rings (SSSR count). The van der Waals surface area contributed by atoms with Crippen LogP contribution >= 0.6 is 0 Å². The zero-order chi connectivity index (χ0) is 11.9. The summed E-state index contributed by atoms with van der Waals surface area (Å²) in [6.45, 7) is 3.31. The zero-order valence-electron chi connectivity index (χ0n) is 9.56. The molecule has 0 radical (unpaired) electrons. The summed E-state index contributed by atoms with van der Waals surface area (Å²) in [7, 11) is 0. The van der Waals surface area contributed by atoms with E-state index in [1.807, 2.05) is 12.1 Å². The molecule has 1 saturated heterocycles. The first kappa shape index (κ1) is 12.0. The maximum absolute atomic E-state index is 8.88. The van der Waals surface area contributed by atoms with Gasteiger partial charge in [0.2, 0.25) is 0 Å². The first-order valence-corrected chi connectivity index (χ1v) is 5.64. The lowest BCUT2D eigenvalue weighted by Gasteiger charge is -2.23. The van der Waals surface area contributed by atoms with Crippen LogP contribution in [0.5, 0.6) is 0 Å². The van der Waals surface area contributed by atoms with Gasteiger partial charge in [0.1, 0.15) is 11.8 Å². The van der Waals surface area contributed by atoms with Crippen molar-refractivity contribution in [3.05, 3.63) is 29.6 Å². The summed E-state index contributed by atoms with van der Waals surface area (Å²) < 4.78 is 10.8. The predicted octanol–water partition coefficient (Wildman–Crippen LogP) is 0.458. The van der Waals surface area contributed by atoms with Crippen LogP contribution in [0.4, 0.5) is 0 Å². The Balaban J connectivity index is 1.79. The standard InChI is InChI=1S/C12H15N3O2/c13-6-12-10(2-1-3-15-12)7-14-8-11-9-16-4-5-17-11/h1-3,11,14H,4-5,7-9H2. The summed E-state index contributed by atoms with van der Waals surface area (Å²) in [5.74, 6) is 0. The summed E-state index contributed by atoms with van der Waals surface area (Å²) in [5, 5.41) is 12.1. The van der Waals surface area contributed by atoms with Crippen LogP contribution in [-0.4, -0.2) is 37.5 Å². The second-order valence-corrected chi connectivity index (χ2v) is 3.82. The Bertz CT molecular complexity index is 397. The molecule has 0 aliphatic carbocycles. The highest BCUT2D eigenvalue weighted by atomic mass is 16.6. The van der Waals surface area contributed by atoms with Crippen molar-refractivity contribution in [1.29, 1.82) is 5.26 Å². The average Bonchev–Trinajstić information content (AvgIpc) is 2.40. The van der Waals surface area contributed by atoms with Gasteiger partial charge in [-0.3, -0.25) is 0 Å². The molecule has 0 amide bonds. The van der Waals surface area contributed by atoms with Crippen LogP contribution in [-0.2, 0) is 16.0 Å². The van der Waals surface area contributed by atoms with Crippen LogP contribution in [0.25, 0.3) is 0 Å². The van der Waals surface area contributed by atoms with Crippen molar-refractivity contribution in [3.63, 3.8) is 0 Å². The Kier molecular flexibility index (Phi) is 4.45. The van der Waals surface area contributed by atoms with Gasteiger partial charge in [0, 0.05) is 24.8 Å². The molecule has 2 heterocycles. The minimum atomic E-state index is 0.103. The molecule has 1 aromatic rings. The van der Waals surface area contributed by atoms with Crippen LogP contribution in [0.3, 0.4) is 0 Å². The molecule has 5 nitrogen and oxygen atoms in total. The number of nitrogens with one attached hydrogen (secondary N) is 1. The Morgan fingerprint density at radius 1 is 1.53 bits per heavy atom. The molecule has 0 bridgehead atoms. The van der Waals surface area contributed by atoms with Gasteiger partial charge in [-0.2, -0.15) is 5.26 Å². The van der Waals surface area contributed by atoms with E-state index in [2.05, 4.69) is 16.4 Å². The Morgan fingerprint density at radius 3 is 3.24 bits per heavy atom. The maximum Gasteiger partial charge on any atom is 0.144 e. The highest BCUT2D eigenvalue weighted by molar-refractivity contribution is 5.30. The number of pyridine rings is 1. The first-order chi connectivity index (χ1) is 8.40. The lowest BCUT2D eigenvalue weighted by molar-refractivity contribution is -0.0864. The summed E-state index contributed by atoms with van der Waals surface area (Å²) in [6, 6.07) is 5.81. The molecule has 1 atom stereocenters. The molecule has 0 spiro atoms. The fraction of sp³-hybridized carbons (Fsp3) is 0.500. The number of nitriles is 1. The van der Waals surface area contributed by atoms with Crippen molar-refractivity contribution < 1.29 is 9.47 Å². The van der Waals surface area contributed by atoms with Gasteiger partial charge in [0.15, 0.2) is 0 Å². The zero-order valence-corrected chi connectivity index (χ0v) is 9.56. The predicted molar refractivity (Wildman–Crippen MR) is 61.2 cm³/mol. The van der Waals surface area contributed by atoms with E-state index in [4.69, 9.17) is 14.7 Å². The quantitative estimate of drug-likeness (QED) is 0.818. The second-order valence-electron chi connectivity index (χ2n) is 3.82. The third kappa shape index (κ3) is 3.49. The van der Waals surface area contributed by atoms with E-state index in [0.29, 0.717) is 32.1 Å². The number of hydrogen-bond donors (Lipinski definition) is 1. The van der Waals surface area contributed by atoms with Gasteiger partial charge < -0.3 is 14.8 Å². The van der Waals surface area contributed by atoms with Crippen molar-refractivity contribution >= 4 is 0 Å². The van der Waals surface area contributed by atoms with Gasteiger partial charge in [0.05, 0.1) is 25.9 Å². The van der Waals surface area contributed by atoms with Crippen molar-refractivity contribution in [1.82, 2.24) is 10.3 Å².